The van der Waals surface area contributed by atoms with E-state index >= 15 is 0 Å². The summed E-state index contributed by atoms with van der Waals surface area (Å²) in [6.07, 6.45) is 1.25. The number of halogens is 1. The van der Waals surface area contributed by atoms with E-state index in [0.717, 1.165) is 5.69 Å². The molecule has 3 rings (SSSR count). The highest BCUT2D eigenvalue weighted by Crippen LogP contribution is 2.29. The molecular formula is C22H26ClN3O3. The van der Waals surface area contributed by atoms with Crippen LogP contribution in [0.4, 0.5) is 11.4 Å². The summed E-state index contributed by atoms with van der Waals surface area (Å²) in [6, 6.07) is 14.7. The first-order chi connectivity index (χ1) is 13.9. The predicted octanol–water partition coefficient (Wildman–Crippen LogP) is 3.66. The Kier molecular flexibility index (Phi) is 6.99. The Bertz CT molecular complexity index is 850. The number of amides is 2. The van der Waals surface area contributed by atoms with Crippen molar-refractivity contribution in [3.8, 4) is 5.75 Å². The molecule has 2 aromatic carbocycles. The molecule has 154 valence electrons. The number of nitrogens with zero attached hydrogens (tertiary/aromatic N) is 2. The fourth-order valence-corrected chi connectivity index (χ4v) is 3.55. The number of ether oxygens (including phenoxy) is 1. The van der Waals surface area contributed by atoms with Crippen LogP contribution in [0.1, 0.15) is 12.8 Å². The smallest absolute Gasteiger partial charge is 0.260 e. The predicted molar refractivity (Wildman–Crippen MR) is 116 cm³/mol. The van der Waals surface area contributed by atoms with E-state index in [1.54, 1.807) is 17.0 Å². The number of hydrogen-bond acceptors (Lipinski definition) is 4. The lowest BCUT2D eigenvalue weighted by atomic mass is 9.95. The number of carbonyl (C=O) groups excluding carboxylic acids is 2. The quantitative estimate of drug-likeness (QED) is 0.782. The minimum atomic E-state index is -0.136. The molecule has 1 aliphatic rings. The van der Waals surface area contributed by atoms with Crippen LogP contribution in [0, 0.1) is 5.92 Å². The maximum atomic E-state index is 12.7. The Balaban J connectivity index is 1.51. The molecule has 1 fully saturated rings. The third-order valence-corrected chi connectivity index (χ3v) is 5.26. The van der Waals surface area contributed by atoms with Gasteiger partial charge in [0.2, 0.25) is 5.91 Å². The van der Waals surface area contributed by atoms with Gasteiger partial charge in [0, 0.05) is 38.1 Å². The van der Waals surface area contributed by atoms with Gasteiger partial charge in [-0.15, -0.1) is 0 Å². The van der Waals surface area contributed by atoms with Crippen LogP contribution < -0.4 is 15.0 Å². The first-order valence-electron chi connectivity index (χ1n) is 9.67. The highest BCUT2D eigenvalue weighted by molar-refractivity contribution is 6.31. The van der Waals surface area contributed by atoms with Crippen LogP contribution in [0.15, 0.2) is 48.5 Å². The molecule has 0 aliphatic carbocycles. The zero-order valence-corrected chi connectivity index (χ0v) is 17.5. The van der Waals surface area contributed by atoms with Crippen molar-refractivity contribution in [1.82, 2.24) is 4.90 Å². The first kappa shape index (κ1) is 21.0. The lowest BCUT2D eigenvalue weighted by molar-refractivity contribution is -0.136. The van der Waals surface area contributed by atoms with Crippen molar-refractivity contribution in [2.75, 3.05) is 44.0 Å². The average Bonchev–Trinajstić information content (AvgIpc) is 2.72. The average molecular weight is 416 g/mol. The van der Waals surface area contributed by atoms with Gasteiger partial charge in [-0.05, 0) is 43.2 Å². The summed E-state index contributed by atoms with van der Waals surface area (Å²) in [5, 5.41) is 3.57. The summed E-state index contributed by atoms with van der Waals surface area (Å²) < 4.78 is 5.53. The molecule has 1 heterocycles. The second-order valence-corrected chi connectivity index (χ2v) is 7.74. The molecular weight excluding hydrogens is 390 g/mol. The summed E-state index contributed by atoms with van der Waals surface area (Å²) in [7, 11) is 3.83. The van der Waals surface area contributed by atoms with Crippen LogP contribution in [0.25, 0.3) is 0 Å². The van der Waals surface area contributed by atoms with Crippen molar-refractivity contribution in [3.05, 3.63) is 53.6 Å². The number of benzene rings is 2. The lowest BCUT2D eigenvalue weighted by Crippen LogP contribution is -2.43. The molecule has 0 atom stereocenters. The van der Waals surface area contributed by atoms with E-state index in [-0.39, 0.29) is 24.3 Å². The fraction of sp³-hybridized carbons (Fsp3) is 0.364. The van der Waals surface area contributed by atoms with Crippen molar-refractivity contribution < 1.29 is 14.3 Å². The maximum absolute atomic E-state index is 12.7. The van der Waals surface area contributed by atoms with E-state index in [1.165, 1.54) is 0 Å². The molecule has 6 nitrogen and oxygen atoms in total. The Labute approximate surface area is 176 Å². The van der Waals surface area contributed by atoms with Crippen LogP contribution in [0.3, 0.4) is 0 Å². The largest absolute Gasteiger partial charge is 0.484 e. The Morgan fingerprint density at radius 1 is 1.14 bits per heavy atom. The Hall–Kier alpha value is -2.73. The molecule has 1 N–H and O–H groups in total. The van der Waals surface area contributed by atoms with E-state index in [0.29, 0.717) is 42.4 Å². The highest BCUT2D eigenvalue weighted by Gasteiger charge is 2.28. The SMILES string of the molecule is CN(C)c1ccc(Cl)cc1NC(=O)C1CCN(C(=O)COc2ccccc2)CC1. The number of rotatable bonds is 6. The summed E-state index contributed by atoms with van der Waals surface area (Å²) >= 11 is 6.09. The van der Waals surface area contributed by atoms with Crippen molar-refractivity contribution in [2.45, 2.75) is 12.8 Å². The molecule has 7 heteroatoms. The second kappa shape index (κ2) is 9.65. The van der Waals surface area contributed by atoms with Crippen molar-refractivity contribution >= 4 is 34.8 Å². The first-order valence-corrected chi connectivity index (χ1v) is 10.0. The number of piperidine rings is 1. The summed E-state index contributed by atoms with van der Waals surface area (Å²) in [6.45, 7) is 1.10. The zero-order chi connectivity index (χ0) is 20.8. The lowest BCUT2D eigenvalue weighted by Gasteiger charge is -2.31. The van der Waals surface area contributed by atoms with Crippen LogP contribution in [0.2, 0.25) is 5.02 Å². The van der Waals surface area contributed by atoms with Crippen LogP contribution in [-0.4, -0.2) is 50.5 Å². The van der Waals surface area contributed by atoms with Gasteiger partial charge in [0.05, 0.1) is 11.4 Å². The van der Waals surface area contributed by atoms with Crippen LogP contribution in [0.5, 0.6) is 5.75 Å². The van der Waals surface area contributed by atoms with E-state index in [2.05, 4.69) is 5.32 Å². The van der Waals surface area contributed by atoms with Gasteiger partial charge < -0.3 is 19.9 Å². The molecule has 2 aromatic rings. The van der Waals surface area contributed by atoms with Gasteiger partial charge in [0.25, 0.3) is 5.91 Å². The topological polar surface area (TPSA) is 61.9 Å². The normalized spacial score (nSPS) is 14.4. The third-order valence-electron chi connectivity index (χ3n) is 5.02. The van der Waals surface area contributed by atoms with E-state index in [9.17, 15) is 9.59 Å². The molecule has 1 aliphatic heterocycles. The number of hydrogen-bond donors (Lipinski definition) is 1. The van der Waals surface area contributed by atoms with Crippen molar-refractivity contribution in [1.29, 1.82) is 0 Å². The summed E-state index contributed by atoms with van der Waals surface area (Å²) in [4.78, 5) is 28.8. The van der Waals surface area contributed by atoms with Gasteiger partial charge in [0.1, 0.15) is 5.75 Å². The molecule has 0 radical (unpaired) electrons. The minimum absolute atomic E-state index is 0.00951. The monoisotopic (exact) mass is 415 g/mol. The molecule has 0 saturated carbocycles. The number of anilines is 2. The number of nitrogens with one attached hydrogen (secondary N) is 1. The Morgan fingerprint density at radius 2 is 1.83 bits per heavy atom. The molecule has 0 aromatic heterocycles. The van der Waals surface area contributed by atoms with Gasteiger partial charge in [0.15, 0.2) is 6.61 Å². The zero-order valence-electron chi connectivity index (χ0n) is 16.7. The minimum Gasteiger partial charge on any atom is -0.484 e. The molecule has 2 amide bonds. The summed E-state index contributed by atoms with van der Waals surface area (Å²) in [5.41, 5.74) is 1.59. The number of para-hydroxylation sites is 1. The molecule has 1 saturated heterocycles. The van der Waals surface area contributed by atoms with Gasteiger partial charge >= 0.3 is 0 Å². The number of likely N-dealkylation sites (tertiary alicyclic amines) is 1. The van der Waals surface area contributed by atoms with Gasteiger partial charge in [-0.25, -0.2) is 0 Å². The molecule has 0 spiro atoms. The number of carbonyl (C=O) groups is 2. The second-order valence-electron chi connectivity index (χ2n) is 7.30. The van der Waals surface area contributed by atoms with Crippen molar-refractivity contribution in [3.63, 3.8) is 0 Å². The maximum Gasteiger partial charge on any atom is 0.260 e. The van der Waals surface area contributed by atoms with Gasteiger partial charge in [-0.1, -0.05) is 29.8 Å². The van der Waals surface area contributed by atoms with E-state index in [4.69, 9.17) is 16.3 Å². The standard InChI is InChI=1S/C22H26ClN3O3/c1-25(2)20-9-8-17(23)14-19(20)24-22(28)16-10-12-26(13-11-16)21(27)15-29-18-6-4-3-5-7-18/h3-9,14,16H,10-13,15H2,1-2H3,(H,24,28). The molecule has 29 heavy (non-hydrogen) atoms. The van der Waals surface area contributed by atoms with E-state index in [1.807, 2.05) is 55.4 Å². The van der Waals surface area contributed by atoms with Crippen molar-refractivity contribution in [2.24, 2.45) is 5.92 Å². The third kappa shape index (κ3) is 5.64. The Morgan fingerprint density at radius 3 is 2.48 bits per heavy atom. The van der Waals surface area contributed by atoms with E-state index < -0.39 is 0 Å². The van der Waals surface area contributed by atoms with Crippen LogP contribution in [-0.2, 0) is 9.59 Å². The fourth-order valence-electron chi connectivity index (χ4n) is 3.38. The highest BCUT2D eigenvalue weighted by atomic mass is 35.5. The molecule has 0 unspecified atom stereocenters. The molecule has 0 bridgehead atoms. The van der Waals surface area contributed by atoms with Gasteiger partial charge in [-0.3, -0.25) is 9.59 Å². The summed E-state index contributed by atoms with van der Waals surface area (Å²) in [5.74, 6) is 0.442. The van der Waals surface area contributed by atoms with Crippen LogP contribution >= 0.6 is 11.6 Å². The van der Waals surface area contributed by atoms with Gasteiger partial charge in [-0.2, -0.15) is 0 Å².